The van der Waals surface area contributed by atoms with Gasteiger partial charge in [-0.15, -0.1) is 0 Å². The van der Waals surface area contributed by atoms with Crippen molar-refractivity contribution in [3.8, 4) is 0 Å². The third-order valence-electron chi connectivity index (χ3n) is 4.06. The molecular weight excluding hydrogens is 328 g/mol. The van der Waals surface area contributed by atoms with E-state index in [1.165, 1.54) is 0 Å². The highest BCUT2D eigenvalue weighted by molar-refractivity contribution is 5.80. The first-order valence-electron chi connectivity index (χ1n) is 9.08. The first kappa shape index (κ1) is 19.5. The van der Waals surface area contributed by atoms with Crippen LogP contribution in [0.5, 0.6) is 0 Å². The lowest BCUT2D eigenvalue weighted by Crippen LogP contribution is -2.38. The standard InChI is InChI=1S/C21H26N2O3/c24-20(16-10-2-1-3-11-17-21(25)26)22-23(18-12-6-4-7-13-18)19-14-8-5-9-15-19/h4-9,12-15H,1-3,10-11,16-17H2,(H,22,24)(H,25,26). The van der Waals surface area contributed by atoms with Crippen LogP contribution in [-0.4, -0.2) is 17.0 Å². The number of hydrogen-bond donors (Lipinski definition) is 2. The molecule has 1 amide bonds. The summed E-state index contributed by atoms with van der Waals surface area (Å²) in [6.45, 7) is 0. The highest BCUT2D eigenvalue weighted by Gasteiger charge is 2.12. The Morgan fingerprint density at radius 1 is 0.731 bits per heavy atom. The summed E-state index contributed by atoms with van der Waals surface area (Å²) < 4.78 is 0. The van der Waals surface area contributed by atoms with Crippen LogP contribution < -0.4 is 10.4 Å². The zero-order valence-corrected chi connectivity index (χ0v) is 14.9. The predicted octanol–water partition coefficient (Wildman–Crippen LogP) is 4.67. The highest BCUT2D eigenvalue weighted by Crippen LogP contribution is 2.22. The summed E-state index contributed by atoms with van der Waals surface area (Å²) in [6, 6.07) is 19.5. The third-order valence-corrected chi connectivity index (χ3v) is 4.06. The van der Waals surface area contributed by atoms with E-state index < -0.39 is 5.97 Å². The Balaban J connectivity index is 1.81. The lowest BCUT2D eigenvalue weighted by Gasteiger charge is -2.25. The number of nitrogens with one attached hydrogen (secondary N) is 1. The molecule has 5 nitrogen and oxygen atoms in total. The van der Waals surface area contributed by atoms with Crippen molar-refractivity contribution in [1.29, 1.82) is 0 Å². The summed E-state index contributed by atoms with van der Waals surface area (Å²) >= 11 is 0. The molecule has 138 valence electrons. The van der Waals surface area contributed by atoms with Gasteiger partial charge < -0.3 is 5.11 Å². The van der Waals surface area contributed by atoms with Crippen LogP contribution in [0.2, 0.25) is 0 Å². The van der Waals surface area contributed by atoms with Gasteiger partial charge in [-0.3, -0.25) is 20.0 Å². The van der Waals surface area contributed by atoms with E-state index in [2.05, 4.69) is 5.43 Å². The normalized spacial score (nSPS) is 10.3. The lowest BCUT2D eigenvalue weighted by molar-refractivity contribution is -0.137. The predicted molar refractivity (Wildman–Crippen MR) is 103 cm³/mol. The monoisotopic (exact) mass is 354 g/mol. The molecule has 0 aliphatic heterocycles. The quantitative estimate of drug-likeness (QED) is 0.454. The number of carbonyl (C=O) groups is 2. The maximum atomic E-state index is 12.3. The van der Waals surface area contributed by atoms with E-state index in [9.17, 15) is 9.59 Å². The molecule has 0 aromatic heterocycles. The van der Waals surface area contributed by atoms with Gasteiger partial charge >= 0.3 is 5.97 Å². The second kappa shape index (κ2) is 10.9. The van der Waals surface area contributed by atoms with E-state index in [0.29, 0.717) is 12.8 Å². The fourth-order valence-electron chi connectivity index (χ4n) is 2.71. The minimum Gasteiger partial charge on any atom is -0.481 e. The molecule has 2 N–H and O–H groups in total. The summed E-state index contributed by atoms with van der Waals surface area (Å²) in [5.74, 6) is -0.769. The number of nitrogens with zero attached hydrogens (tertiary/aromatic N) is 1. The van der Waals surface area contributed by atoms with Gasteiger partial charge in [-0.2, -0.15) is 0 Å². The van der Waals surface area contributed by atoms with E-state index in [1.54, 1.807) is 5.01 Å². The summed E-state index contributed by atoms with van der Waals surface area (Å²) in [5.41, 5.74) is 4.79. The average Bonchev–Trinajstić information content (AvgIpc) is 2.66. The lowest BCUT2D eigenvalue weighted by atomic mass is 10.1. The molecular formula is C21H26N2O3. The molecule has 0 bridgehead atoms. The molecule has 0 fully saturated rings. The van der Waals surface area contributed by atoms with Gasteiger partial charge in [-0.25, -0.2) is 0 Å². The van der Waals surface area contributed by atoms with E-state index in [0.717, 1.165) is 37.1 Å². The largest absolute Gasteiger partial charge is 0.481 e. The van der Waals surface area contributed by atoms with Crippen molar-refractivity contribution >= 4 is 23.3 Å². The van der Waals surface area contributed by atoms with Gasteiger partial charge in [0.1, 0.15) is 0 Å². The maximum absolute atomic E-state index is 12.3. The number of carbonyl (C=O) groups excluding carboxylic acids is 1. The molecule has 0 heterocycles. The van der Waals surface area contributed by atoms with Crippen molar-refractivity contribution in [2.75, 3.05) is 5.01 Å². The Labute approximate surface area is 154 Å². The van der Waals surface area contributed by atoms with Crippen LogP contribution in [0.3, 0.4) is 0 Å². The Morgan fingerprint density at radius 3 is 1.69 bits per heavy atom. The number of amides is 1. The molecule has 2 aromatic carbocycles. The van der Waals surface area contributed by atoms with Crippen molar-refractivity contribution in [2.24, 2.45) is 0 Å². The second-order valence-corrected chi connectivity index (χ2v) is 6.20. The molecule has 0 saturated carbocycles. The van der Waals surface area contributed by atoms with Gasteiger partial charge in [0.2, 0.25) is 5.91 Å². The Bertz CT molecular complexity index is 635. The van der Waals surface area contributed by atoms with E-state index in [1.807, 2.05) is 60.7 Å². The van der Waals surface area contributed by atoms with Crippen LogP contribution in [0.1, 0.15) is 44.9 Å². The van der Waals surface area contributed by atoms with Crippen LogP contribution in [0.25, 0.3) is 0 Å². The first-order chi connectivity index (χ1) is 12.7. The SMILES string of the molecule is O=C(O)CCCCCCCC(=O)NN(c1ccccc1)c1ccccc1. The summed E-state index contributed by atoms with van der Waals surface area (Å²) in [6.07, 6.45) is 4.98. The molecule has 0 atom stereocenters. The van der Waals surface area contributed by atoms with Gasteiger partial charge in [0, 0.05) is 12.8 Å². The second-order valence-electron chi connectivity index (χ2n) is 6.20. The molecule has 5 heteroatoms. The molecule has 26 heavy (non-hydrogen) atoms. The van der Waals surface area contributed by atoms with Gasteiger partial charge in [-0.05, 0) is 37.1 Å². The molecule has 0 aliphatic rings. The zero-order chi connectivity index (χ0) is 18.6. The minimum absolute atomic E-state index is 0.0248. The maximum Gasteiger partial charge on any atom is 0.303 e. The Kier molecular flexibility index (Phi) is 8.19. The van der Waals surface area contributed by atoms with Crippen LogP contribution in [0.4, 0.5) is 11.4 Å². The number of hydrazine groups is 1. The summed E-state index contributed by atoms with van der Waals surface area (Å²) in [5, 5.41) is 10.4. The minimum atomic E-state index is -0.744. The number of para-hydroxylation sites is 2. The number of anilines is 2. The number of aliphatic carboxylic acids is 1. The van der Waals surface area contributed by atoms with E-state index >= 15 is 0 Å². The number of carboxylic acid groups (broad SMARTS) is 1. The summed E-state index contributed by atoms with van der Waals surface area (Å²) in [7, 11) is 0. The van der Waals surface area contributed by atoms with Crippen LogP contribution in [-0.2, 0) is 9.59 Å². The van der Waals surface area contributed by atoms with Crippen molar-refractivity contribution in [2.45, 2.75) is 44.9 Å². The molecule has 2 rings (SSSR count). The van der Waals surface area contributed by atoms with Gasteiger partial charge in [0.05, 0.1) is 11.4 Å². The molecule has 0 radical (unpaired) electrons. The Hall–Kier alpha value is -2.82. The van der Waals surface area contributed by atoms with Crippen LogP contribution in [0, 0.1) is 0 Å². The van der Waals surface area contributed by atoms with Crippen LogP contribution >= 0.6 is 0 Å². The van der Waals surface area contributed by atoms with Crippen molar-refractivity contribution in [3.63, 3.8) is 0 Å². The summed E-state index contributed by atoms with van der Waals surface area (Å²) in [4.78, 5) is 22.8. The van der Waals surface area contributed by atoms with Crippen molar-refractivity contribution in [3.05, 3.63) is 60.7 Å². The number of rotatable bonds is 11. The highest BCUT2D eigenvalue weighted by atomic mass is 16.4. The first-order valence-corrected chi connectivity index (χ1v) is 9.08. The van der Waals surface area contributed by atoms with Gasteiger partial charge in [0.15, 0.2) is 0 Å². The fraction of sp³-hybridized carbons (Fsp3) is 0.333. The fourth-order valence-corrected chi connectivity index (χ4v) is 2.71. The molecule has 0 aliphatic carbocycles. The Morgan fingerprint density at radius 2 is 1.19 bits per heavy atom. The third kappa shape index (κ3) is 6.97. The molecule has 0 unspecified atom stereocenters. The average molecular weight is 354 g/mol. The number of benzene rings is 2. The number of unbranched alkanes of at least 4 members (excludes halogenated alkanes) is 4. The van der Waals surface area contributed by atoms with Crippen molar-refractivity contribution in [1.82, 2.24) is 5.43 Å². The van der Waals surface area contributed by atoms with Crippen LogP contribution in [0.15, 0.2) is 60.7 Å². The van der Waals surface area contributed by atoms with E-state index in [4.69, 9.17) is 5.11 Å². The smallest absolute Gasteiger partial charge is 0.303 e. The molecule has 2 aromatic rings. The topological polar surface area (TPSA) is 69.6 Å². The number of carboxylic acids is 1. The zero-order valence-electron chi connectivity index (χ0n) is 14.9. The van der Waals surface area contributed by atoms with Gasteiger partial charge in [-0.1, -0.05) is 55.7 Å². The van der Waals surface area contributed by atoms with Gasteiger partial charge in [0.25, 0.3) is 0 Å². The number of hydrogen-bond acceptors (Lipinski definition) is 3. The van der Waals surface area contributed by atoms with Crippen molar-refractivity contribution < 1.29 is 14.7 Å². The molecule has 0 saturated heterocycles. The molecule has 0 spiro atoms. The van der Waals surface area contributed by atoms with E-state index in [-0.39, 0.29) is 12.3 Å².